The first-order chi connectivity index (χ1) is 14.5. The Morgan fingerprint density at radius 1 is 0.867 bits per heavy atom. The van der Waals surface area contributed by atoms with Crippen LogP contribution in [0.25, 0.3) is 11.3 Å². The van der Waals surface area contributed by atoms with Crippen molar-refractivity contribution in [1.29, 1.82) is 0 Å². The maximum atomic E-state index is 12.7. The van der Waals surface area contributed by atoms with Crippen LogP contribution < -0.4 is 10.2 Å². The number of aryl methyl sites for hydroxylation is 3. The average molecular weight is 402 g/mol. The number of urea groups is 1. The maximum Gasteiger partial charge on any atom is 0.321 e. The molecule has 0 atom stereocenters. The van der Waals surface area contributed by atoms with Crippen LogP contribution in [0.15, 0.2) is 54.9 Å². The second kappa shape index (κ2) is 8.53. The number of amides is 2. The molecular weight excluding hydrogens is 374 g/mol. The number of carbonyl (C=O) groups is 1. The number of hydrogen-bond acceptors (Lipinski definition) is 4. The van der Waals surface area contributed by atoms with Crippen molar-refractivity contribution in [2.45, 2.75) is 20.8 Å². The molecular formula is C24H27N5O. The molecule has 0 unspecified atom stereocenters. The van der Waals surface area contributed by atoms with E-state index in [1.807, 2.05) is 43.0 Å². The van der Waals surface area contributed by atoms with E-state index in [0.717, 1.165) is 47.0 Å². The second-order valence-corrected chi connectivity index (χ2v) is 7.91. The van der Waals surface area contributed by atoms with E-state index in [-0.39, 0.29) is 6.03 Å². The SMILES string of the molecule is Cc1cc(C)cc(NC(=O)N2CCN(c3cc(-c4cccc(C)c4)ncn3)CC2)c1. The number of anilines is 2. The molecule has 2 heterocycles. The zero-order chi connectivity index (χ0) is 21.1. The van der Waals surface area contributed by atoms with Gasteiger partial charge in [-0.1, -0.05) is 29.8 Å². The van der Waals surface area contributed by atoms with Crippen LogP contribution in [-0.4, -0.2) is 47.1 Å². The molecule has 6 heteroatoms. The van der Waals surface area contributed by atoms with Crippen molar-refractivity contribution in [2.75, 3.05) is 36.4 Å². The smallest absolute Gasteiger partial charge is 0.321 e. The molecule has 2 aromatic carbocycles. The Balaban J connectivity index is 1.40. The van der Waals surface area contributed by atoms with Crippen molar-refractivity contribution >= 4 is 17.5 Å². The summed E-state index contributed by atoms with van der Waals surface area (Å²) in [4.78, 5) is 25.6. The van der Waals surface area contributed by atoms with Gasteiger partial charge in [-0.15, -0.1) is 0 Å². The van der Waals surface area contributed by atoms with Gasteiger partial charge in [0, 0.05) is 43.5 Å². The summed E-state index contributed by atoms with van der Waals surface area (Å²) in [5.41, 5.74) is 6.34. The average Bonchev–Trinajstić information content (AvgIpc) is 2.73. The summed E-state index contributed by atoms with van der Waals surface area (Å²) in [6.07, 6.45) is 1.62. The summed E-state index contributed by atoms with van der Waals surface area (Å²) in [7, 11) is 0. The second-order valence-electron chi connectivity index (χ2n) is 7.91. The van der Waals surface area contributed by atoms with Crippen LogP contribution in [0.5, 0.6) is 0 Å². The lowest BCUT2D eigenvalue weighted by molar-refractivity contribution is 0.208. The molecule has 1 N–H and O–H groups in total. The Morgan fingerprint density at radius 3 is 2.30 bits per heavy atom. The monoisotopic (exact) mass is 401 g/mol. The standard InChI is InChI=1S/C24H27N5O/c1-17-5-4-6-20(12-17)22-15-23(26-16-25-22)28-7-9-29(10-8-28)24(30)27-21-13-18(2)11-19(3)14-21/h4-6,11-16H,7-10H2,1-3H3,(H,27,30). The minimum absolute atomic E-state index is 0.0530. The first-order valence-electron chi connectivity index (χ1n) is 10.3. The number of benzene rings is 2. The van der Waals surface area contributed by atoms with Crippen molar-refractivity contribution in [3.63, 3.8) is 0 Å². The molecule has 1 aliphatic rings. The highest BCUT2D eigenvalue weighted by molar-refractivity contribution is 5.89. The van der Waals surface area contributed by atoms with E-state index in [1.165, 1.54) is 5.56 Å². The summed E-state index contributed by atoms with van der Waals surface area (Å²) < 4.78 is 0. The van der Waals surface area contributed by atoms with Gasteiger partial charge in [-0.05, 0) is 50.1 Å². The topological polar surface area (TPSA) is 61.4 Å². The van der Waals surface area contributed by atoms with Crippen LogP contribution >= 0.6 is 0 Å². The van der Waals surface area contributed by atoms with Crippen molar-refractivity contribution in [3.05, 3.63) is 71.5 Å². The molecule has 154 valence electrons. The van der Waals surface area contributed by atoms with E-state index in [4.69, 9.17) is 0 Å². The first kappa shape index (κ1) is 19.9. The molecule has 3 aromatic rings. The molecule has 30 heavy (non-hydrogen) atoms. The number of hydrogen-bond donors (Lipinski definition) is 1. The highest BCUT2D eigenvalue weighted by Crippen LogP contribution is 2.22. The normalized spacial score (nSPS) is 14.0. The molecule has 0 aliphatic carbocycles. The molecule has 0 spiro atoms. The van der Waals surface area contributed by atoms with Crippen LogP contribution in [0.2, 0.25) is 0 Å². The molecule has 0 radical (unpaired) electrons. The minimum Gasteiger partial charge on any atom is -0.353 e. The third-order valence-electron chi connectivity index (χ3n) is 5.33. The van der Waals surface area contributed by atoms with Gasteiger partial charge < -0.3 is 15.1 Å². The van der Waals surface area contributed by atoms with Gasteiger partial charge in [-0.2, -0.15) is 0 Å². The van der Waals surface area contributed by atoms with Crippen LogP contribution in [0, 0.1) is 20.8 Å². The molecule has 1 aliphatic heterocycles. The third-order valence-corrected chi connectivity index (χ3v) is 5.33. The first-order valence-corrected chi connectivity index (χ1v) is 10.3. The predicted octanol–water partition coefficient (Wildman–Crippen LogP) is 4.42. The van der Waals surface area contributed by atoms with Gasteiger partial charge in [0.1, 0.15) is 12.1 Å². The Kier molecular flexibility index (Phi) is 5.65. The van der Waals surface area contributed by atoms with E-state index >= 15 is 0 Å². The van der Waals surface area contributed by atoms with E-state index in [1.54, 1.807) is 6.33 Å². The lowest BCUT2D eigenvalue weighted by Crippen LogP contribution is -2.50. The predicted molar refractivity (Wildman–Crippen MR) is 121 cm³/mol. The maximum absolute atomic E-state index is 12.7. The minimum atomic E-state index is -0.0530. The van der Waals surface area contributed by atoms with Crippen molar-refractivity contribution in [2.24, 2.45) is 0 Å². The van der Waals surface area contributed by atoms with Gasteiger partial charge >= 0.3 is 6.03 Å². The van der Waals surface area contributed by atoms with Gasteiger partial charge in [0.15, 0.2) is 0 Å². The van der Waals surface area contributed by atoms with Crippen LogP contribution in [-0.2, 0) is 0 Å². The fraction of sp³-hybridized carbons (Fsp3) is 0.292. The molecule has 1 fully saturated rings. The highest BCUT2D eigenvalue weighted by Gasteiger charge is 2.22. The largest absolute Gasteiger partial charge is 0.353 e. The molecule has 4 rings (SSSR count). The zero-order valence-corrected chi connectivity index (χ0v) is 17.7. The molecule has 1 aromatic heterocycles. The van der Waals surface area contributed by atoms with Gasteiger partial charge in [-0.25, -0.2) is 14.8 Å². The summed E-state index contributed by atoms with van der Waals surface area (Å²) in [5.74, 6) is 0.899. The molecule has 6 nitrogen and oxygen atoms in total. The van der Waals surface area contributed by atoms with Crippen molar-refractivity contribution in [1.82, 2.24) is 14.9 Å². The summed E-state index contributed by atoms with van der Waals surface area (Å²) in [5, 5.41) is 3.03. The fourth-order valence-electron chi connectivity index (χ4n) is 3.87. The highest BCUT2D eigenvalue weighted by atomic mass is 16.2. The Morgan fingerprint density at radius 2 is 1.60 bits per heavy atom. The van der Waals surface area contributed by atoms with E-state index in [0.29, 0.717) is 13.1 Å². The lowest BCUT2D eigenvalue weighted by atomic mass is 10.1. The van der Waals surface area contributed by atoms with Crippen molar-refractivity contribution in [3.8, 4) is 11.3 Å². The number of nitrogens with zero attached hydrogens (tertiary/aromatic N) is 4. The fourth-order valence-corrected chi connectivity index (χ4v) is 3.87. The summed E-state index contributed by atoms with van der Waals surface area (Å²) in [6, 6.07) is 16.4. The van der Waals surface area contributed by atoms with Gasteiger partial charge in [0.05, 0.1) is 5.69 Å². The van der Waals surface area contributed by atoms with E-state index in [9.17, 15) is 4.79 Å². The molecule has 0 bridgehead atoms. The van der Waals surface area contributed by atoms with Crippen LogP contribution in [0.4, 0.5) is 16.3 Å². The van der Waals surface area contributed by atoms with Crippen LogP contribution in [0.1, 0.15) is 16.7 Å². The molecule has 0 saturated carbocycles. The van der Waals surface area contributed by atoms with E-state index < -0.39 is 0 Å². The Bertz CT molecular complexity index is 1040. The molecule has 2 amide bonds. The van der Waals surface area contributed by atoms with Gasteiger partial charge in [-0.3, -0.25) is 0 Å². The zero-order valence-electron chi connectivity index (χ0n) is 17.7. The van der Waals surface area contributed by atoms with Gasteiger partial charge in [0.2, 0.25) is 0 Å². The Hall–Kier alpha value is -3.41. The summed E-state index contributed by atoms with van der Waals surface area (Å²) in [6.45, 7) is 8.94. The Labute approximate surface area is 177 Å². The van der Waals surface area contributed by atoms with Gasteiger partial charge in [0.25, 0.3) is 0 Å². The number of piperazine rings is 1. The number of rotatable bonds is 3. The van der Waals surface area contributed by atoms with Crippen molar-refractivity contribution < 1.29 is 4.79 Å². The number of carbonyl (C=O) groups excluding carboxylic acids is 1. The third kappa shape index (κ3) is 4.59. The quantitative estimate of drug-likeness (QED) is 0.706. The number of nitrogens with one attached hydrogen (secondary N) is 1. The summed E-state index contributed by atoms with van der Waals surface area (Å²) >= 11 is 0. The number of aromatic nitrogens is 2. The molecule has 1 saturated heterocycles. The van der Waals surface area contributed by atoms with E-state index in [2.05, 4.69) is 51.4 Å². The van der Waals surface area contributed by atoms with Crippen LogP contribution in [0.3, 0.4) is 0 Å². The lowest BCUT2D eigenvalue weighted by Gasteiger charge is -2.35.